The molecule has 0 aliphatic heterocycles. The summed E-state index contributed by atoms with van der Waals surface area (Å²) < 4.78 is 5.37. The summed E-state index contributed by atoms with van der Waals surface area (Å²) >= 11 is 0. The van der Waals surface area contributed by atoms with Crippen molar-refractivity contribution in [1.82, 2.24) is 0 Å². The molecular formula is C10H20O. The van der Waals surface area contributed by atoms with E-state index in [0.717, 1.165) is 0 Å². The van der Waals surface area contributed by atoms with E-state index in [-0.39, 0.29) is 0 Å². The molecule has 2 atom stereocenters. The van der Waals surface area contributed by atoms with Gasteiger partial charge in [-0.05, 0) is 12.8 Å². The van der Waals surface area contributed by atoms with Crippen molar-refractivity contribution in [2.45, 2.75) is 33.8 Å². The largest absolute Gasteiger partial charge is 0.381 e. The Labute approximate surface area is 70.4 Å². The fourth-order valence-electron chi connectivity index (χ4n) is 1.51. The van der Waals surface area contributed by atoms with Crippen LogP contribution in [-0.2, 0) is 4.74 Å². The SMILES string of the molecule is C/C=C/[C@@H](C)[C@H](OC)C(C)C. The Balaban J connectivity index is 4.02. The Bertz CT molecular complexity index is 116. The molecule has 0 bridgehead atoms. The van der Waals surface area contributed by atoms with E-state index < -0.39 is 0 Å². The summed E-state index contributed by atoms with van der Waals surface area (Å²) in [4.78, 5) is 0. The van der Waals surface area contributed by atoms with Gasteiger partial charge in [0, 0.05) is 13.0 Å². The van der Waals surface area contributed by atoms with Gasteiger partial charge in [0.25, 0.3) is 0 Å². The molecule has 0 spiro atoms. The van der Waals surface area contributed by atoms with Gasteiger partial charge in [-0.15, -0.1) is 0 Å². The summed E-state index contributed by atoms with van der Waals surface area (Å²) in [5, 5.41) is 0. The molecule has 0 rings (SSSR count). The fourth-order valence-corrected chi connectivity index (χ4v) is 1.51. The highest BCUT2D eigenvalue weighted by atomic mass is 16.5. The van der Waals surface area contributed by atoms with Crippen LogP contribution in [-0.4, -0.2) is 13.2 Å². The highest BCUT2D eigenvalue weighted by molar-refractivity contribution is 4.88. The van der Waals surface area contributed by atoms with Gasteiger partial charge in [-0.25, -0.2) is 0 Å². The minimum atomic E-state index is 0.353. The Kier molecular flexibility index (Phi) is 5.22. The van der Waals surface area contributed by atoms with Crippen LogP contribution in [0.5, 0.6) is 0 Å². The van der Waals surface area contributed by atoms with Crippen molar-refractivity contribution < 1.29 is 4.74 Å². The minimum absolute atomic E-state index is 0.353. The third kappa shape index (κ3) is 3.57. The molecule has 0 aromatic carbocycles. The van der Waals surface area contributed by atoms with E-state index in [1.165, 1.54) is 0 Å². The molecule has 1 heteroatoms. The lowest BCUT2D eigenvalue weighted by atomic mass is 9.94. The number of methoxy groups -OCH3 is 1. The molecule has 0 heterocycles. The molecule has 0 unspecified atom stereocenters. The molecule has 0 fully saturated rings. The van der Waals surface area contributed by atoms with E-state index in [2.05, 4.69) is 32.9 Å². The lowest BCUT2D eigenvalue weighted by Crippen LogP contribution is -2.24. The van der Waals surface area contributed by atoms with Crippen molar-refractivity contribution in [3.05, 3.63) is 12.2 Å². The fraction of sp³-hybridized carbons (Fsp3) is 0.800. The predicted octanol–water partition coefficient (Wildman–Crippen LogP) is 2.87. The van der Waals surface area contributed by atoms with Gasteiger partial charge in [0.1, 0.15) is 0 Å². The number of allylic oxidation sites excluding steroid dienone is 1. The summed E-state index contributed by atoms with van der Waals surface area (Å²) in [6.07, 6.45) is 4.62. The normalized spacial score (nSPS) is 17.6. The average molecular weight is 156 g/mol. The summed E-state index contributed by atoms with van der Waals surface area (Å²) in [5.74, 6) is 1.11. The van der Waals surface area contributed by atoms with Gasteiger partial charge >= 0.3 is 0 Å². The van der Waals surface area contributed by atoms with E-state index in [0.29, 0.717) is 17.9 Å². The highest BCUT2D eigenvalue weighted by Gasteiger charge is 2.17. The summed E-state index contributed by atoms with van der Waals surface area (Å²) in [7, 11) is 1.78. The first kappa shape index (κ1) is 10.7. The Morgan fingerprint density at radius 1 is 1.18 bits per heavy atom. The molecular weight excluding hydrogens is 136 g/mol. The molecule has 0 saturated heterocycles. The van der Waals surface area contributed by atoms with Crippen molar-refractivity contribution >= 4 is 0 Å². The maximum absolute atomic E-state index is 5.37. The van der Waals surface area contributed by atoms with Crippen molar-refractivity contribution in [2.24, 2.45) is 11.8 Å². The van der Waals surface area contributed by atoms with E-state index in [1.807, 2.05) is 6.92 Å². The van der Waals surface area contributed by atoms with Gasteiger partial charge in [0.15, 0.2) is 0 Å². The zero-order valence-corrected chi connectivity index (χ0v) is 8.29. The van der Waals surface area contributed by atoms with Crippen LogP contribution in [0.3, 0.4) is 0 Å². The number of hydrogen-bond donors (Lipinski definition) is 0. The predicted molar refractivity (Wildman–Crippen MR) is 49.6 cm³/mol. The topological polar surface area (TPSA) is 9.23 Å². The quantitative estimate of drug-likeness (QED) is 0.569. The summed E-state index contributed by atoms with van der Waals surface area (Å²) in [5.41, 5.74) is 0. The standard InChI is InChI=1S/C10H20O/c1-6-7-9(4)10(11-5)8(2)3/h6-10H,1-5H3/b7-6+/t9-,10-/m1/s1. The smallest absolute Gasteiger partial charge is 0.0654 e. The molecule has 0 amide bonds. The lowest BCUT2D eigenvalue weighted by molar-refractivity contribution is 0.0378. The Morgan fingerprint density at radius 3 is 2.00 bits per heavy atom. The van der Waals surface area contributed by atoms with Gasteiger partial charge < -0.3 is 4.74 Å². The van der Waals surface area contributed by atoms with Gasteiger partial charge in [0.05, 0.1) is 6.10 Å². The zero-order valence-electron chi connectivity index (χ0n) is 8.29. The molecule has 0 aliphatic rings. The van der Waals surface area contributed by atoms with Crippen LogP contribution in [0.2, 0.25) is 0 Å². The molecule has 66 valence electrons. The van der Waals surface area contributed by atoms with Gasteiger partial charge in [-0.2, -0.15) is 0 Å². The summed E-state index contributed by atoms with van der Waals surface area (Å²) in [6, 6.07) is 0. The molecule has 0 N–H and O–H groups in total. The molecule has 0 aliphatic carbocycles. The Hall–Kier alpha value is -0.300. The second-order valence-electron chi connectivity index (χ2n) is 3.33. The van der Waals surface area contributed by atoms with E-state index in [1.54, 1.807) is 7.11 Å². The van der Waals surface area contributed by atoms with Gasteiger partial charge in [-0.1, -0.05) is 32.9 Å². The molecule has 1 nitrogen and oxygen atoms in total. The first-order valence-electron chi connectivity index (χ1n) is 4.29. The van der Waals surface area contributed by atoms with Crippen LogP contribution < -0.4 is 0 Å². The van der Waals surface area contributed by atoms with Crippen LogP contribution in [0.1, 0.15) is 27.7 Å². The number of hydrogen-bond acceptors (Lipinski definition) is 1. The van der Waals surface area contributed by atoms with Crippen molar-refractivity contribution in [1.29, 1.82) is 0 Å². The van der Waals surface area contributed by atoms with Gasteiger partial charge in [-0.3, -0.25) is 0 Å². The average Bonchev–Trinajstić information content (AvgIpc) is 1.88. The molecule has 0 saturated carbocycles. The molecule has 11 heavy (non-hydrogen) atoms. The first-order valence-corrected chi connectivity index (χ1v) is 4.29. The van der Waals surface area contributed by atoms with Crippen LogP contribution in [0.15, 0.2) is 12.2 Å². The van der Waals surface area contributed by atoms with Crippen molar-refractivity contribution in [3.63, 3.8) is 0 Å². The zero-order chi connectivity index (χ0) is 8.85. The number of ether oxygens (including phenoxy) is 1. The van der Waals surface area contributed by atoms with Crippen LogP contribution in [0.4, 0.5) is 0 Å². The Morgan fingerprint density at radius 2 is 1.73 bits per heavy atom. The van der Waals surface area contributed by atoms with E-state index in [9.17, 15) is 0 Å². The summed E-state index contributed by atoms with van der Waals surface area (Å²) in [6.45, 7) is 8.61. The molecule has 0 aromatic heterocycles. The second kappa shape index (κ2) is 5.36. The minimum Gasteiger partial charge on any atom is -0.381 e. The maximum Gasteiger partial charge on any atom is 0.0654 e. The van der Waals surface area contributed by atoms with Crippen LogP contribution in [0.25, 0.3) is 0 Å². The monoisotopic (exact) mass is 156 g/mol. The lowest BCUT2D eigenvalue weighted by Gasteiger charge is -2.23. The highest BCUT2D eigenvalue weighted by Crippen LogP contribution is 2.16. The van der Waals surface area contributed by atoms with E-state index in [4.69, 9.17) is 4.74 Å². The van der Waals surface area contributed by atoms with Crippen LogP contribution in [0, 0.1) is 11.8 Å². The van der Waals surface area contributed by atoms with Crippen molar-refractivity contribution in [3.8, 4) is 0 Å². The van der Waals surface area contributed by atoms with Crippen LogP contribution >= 0.6 is 0 Å². The van der Waals surface area contributed by atoms with E-state index >= 15 is 0 Å². The number of rotatable bonds is 4. The van der Waals surface area contributed by atoms with Crippen molar-refractivity contribution in [2.75, 3.05) is 7.11 Å². The third-order valence-corrected chi connectivity index (χ3v) is 1.94. The maximum atomic E-state index is 5.37. The first-order chi connectivity index (χ1) is 5.13. The molecule has 0 radical (unpaired) electrons. The molecule has 0 aromatic rings. The second-order valence-corrected chi connectivity index (χ2v) is 3.33. The van der Waals surface area contributed by atoms with Gasteiger partial charge in [0.2, 0.25) is 0 Å². The third-order valence-electron chi connectivity index (χ3n) is 1.94.